The SMILES string of the molecule is N#Cc1c(-c2ccc(C(F)(F)F)cc2)nc(SCC(=O)O)[nH]c1=O. The third-order valence-corrected chi connectivity index (χ3v) is 3.69. The van der Waals surface area contributed by atoms with Gasteiger partial charge in [-0.2, -0.15) is 18.4 Å². The van der Waals surface area contributed by atoms with Crippen LogP contribution in [0.4, 0.5) is 13.2 Å². The molecule has 0 aliphatic carbocycles. The zero-order valence-corrected chi connectivity index (χ0v) is 12.5. The van der Waals surface area contributed by atoms with Crippen molar-refractivity contribution >= 4 is 17.7 Å². The van der Waals surface area contributed by atoms with E-state index in [4.69, 9.17) is 10.4 Å². The second-order valence-electron chi connectivity index (χ2n) is 4.46. The molecular formula is C14H8F3N3O3S. The highest BCUT2D eigenvalue weighted by atomic mass is 32.2. The second-order valence-corrected chi connectivity index (χ2v) is 5.43. The summed E-state index contributed by atoms with van der Waals surface area (Å²) in [7, 11) is 0. The van der Waals surface area contributed by atoms with Crippen LogP contribution in [0.3, 0.4) is 0 Å². The number of carbonyl (C=O) groups is 1. The molecule has 2 rings (SSSR count). The number of aromatic amines is 1. The second kappa shape index (κ2) is 6.76. The van der Waals surface area contributed by atoms with Gasteiger partial charge in [0.15, 0.2) is 5.16 Å². The molecule has 0 bridgehead atoms. The maximum Gasteiger partial charge on any atom is 0.416 e. The molecule has 0 fully saturated rings. The van der Waals surface area contributed by atoms with Gasteiger partial charge in [0.2, 0.25) is 0 Å². The standard InChI is InChI=1S/C14H8F3N3O3S/c15-14(16,17)8-3-1-7(2-4-8)11-9(5-18)12(23)20-13(19-11)24-6-10(21)22/h1-4H,6H2,(H,21,22)(H,19,20,23). The number of H-pyrrole nitrogens is 1. The number of hydrogen-bond donors (Lipinski definition) is 2. The fourth-order valence-electron chi connectivity index (χ4n) is 1.78. The molecule has 2 N–H and O–H groups in total. The molecule has 6 nitrogen and oxygen atoms in total. The minimum atomic E-state index is -4.51. The van der Waals surface area contributed by atoms with E-state index in [9.17, 15) is 22.8 Å². The Morgan fingerprint density at radius 2 is 1.96 bits per heavy atom. The fourth-order valence-corrected chi connectivity index (χ4v) is 2.36. The van der Waals surface area contributed by atoms with E-state index < -0.39 is 23.3 Å². The molecule has 0 aliphatic heterocycles. The van der Waals surface area contributed by atoms with Gasteiger partial charge < -0.3 is 10.1 Å². The van der Waals surface area contributed by atoms with E-state index in [1.165, 1.54) is 0 Å². The summed E-state index contributed by atoms with van der Waals surface area (Å²) in [6, 6.07) is 5.45. The fraction of sp³-hybridized carbons (Fsp3) is 0.143. The summed E-state index contributed by atoms with van der Waals surface area (Å²) < 4.78 is 37.8. The van der Waals surface area contributed by atoms with Gasteiger partial charge in [0.25, 0.3) is 5.56 Å². The smallest absolute Gasteiger partial charge is 0.416 e. The number of carboxylic acid groups (broad SMARTS) is 1. The maximum atomic E-state index is 12.6. The van der Waals surface area contributed by atoms with E-state index in [0.29, 0.717) is 0 Å². The van der Waals surface area contributed by atoms with E-state index in [-0.39, 0.29) is 27.7 Å². The van der Waals surface area contributed by atoms with E-state index >= 15 is 0 Å². The summed E-state index contributed by atoms with van der Waals surface area (Å²) in [4.78, 5) is 28.7. The van der Waals surface area contributed by atoms with E-state index in [2.05, 4.69) is 9.97 Å². The van der Waals surface area contributed by atoms with Crippen LogP contribution in [0.1, 0.15) is 11.1 Å². The Hall–Kier alpha value is -2.80. The highest BCUT2D eigenvalue weighted by Crippen LogP contribution is 2.31. The predicted octanol–water partition coefficient (Wildman–Crippen LogP) is 2.50. The zero-order valence-electron chi connectivity index (χ0n) is 11.7. The van der Waals surface area contributed by atoms with Crippen LogP contribution < -0.4 is 5.56 Å². The van der Waals surface area contributed by atoms with Crippen LogP contribution in [-0.4, -0.2) is 26.8 Å². The van der Waals surface area contributed by atoms with Crippen LogP contribution in [0, 0.1) is 11.3 Å². The van der Waals surface area contributed by atoms with Crippen molar-refractivity contribution in [3.63, 3.8) is 0 Å². The van der Waals surface area contributed by atoms with Crippen molar-refractivity contribution in [1.29, 1.82) is 5.26 Å². The molecule has 0 unspecified atom stereocenters. The molecule has 124 valence electrons. The number of nitriles is 1. The molecule has 0 saturated carbocycles. The lowest BCUT2D eigenvalue weighted by Gasteiger charge is -2.09. The Morgan fingerprint density at radius 1 is 1.33 bits per heavy atom. The molecule has 0 radical (unpaired) electrons. The van der Waals surface area contributed by atoms with Crippen LogP contribution in [0.15, 0.2) is 34.2 Å². The van der Waals surface area contributed by atoms with Gasteiger partial charge in [-0.25, -0.2) is 4.98 Å². The number of rotatable bonds is 4. The van der Waals surface area contributed by atoms with Gasteiger partial charge in [-0.15, -0.1) is 0 Å². The zero-order chi connectivity index (χ0) is 17.9. The Bertz CT molecular complexity index is 870. The highest BCUT2D eigenvalue weighted by molar-refractivity contribution is 7.99. The first kappa shape index (κ1) is 17.6. The summed E-state index contributed by atoms with van der Waals surface area (Å²) in [5.41, 5.74) is -2.01. The molecule has 10 heteroatoms. The van der Waals surface area contributed by atoms with Crippen molar-refractivity contribution < 1.29 is 23.1 Å². The lowest BCUT2D eigenvalue weighted by Crippen LogP contribution is -2.15. The van der Waals surface area contributed by atoms with Gasteiger partial charge in [0.1, 0.15) is 11.6 Å². The number of halogens is 3. The molecule has 2 aromatic rings. The molecule has 0 saturated heterocycles. The number of nitrogens with one attached hydrogen (secondary N) is 1. The lowest BCUT2D eigenvalue weighted by atomic mass is 10.1. The molecule has 0 atom stereocenters. The van der Waals surface area contributed by atoms with Crippen LogP contribution in [0.25, 0.3) is 11.3 Å². The number of hydrogen-bond acceptors (Lipinski definition) is 5. The summed E-state index contributed by atoms with van der Waals surface area (Å²) in [5.74, 6) is -1.51. The first-order chi connectivity index (χ1) is 11.2. The van der Waals surface area contributed by atoms with Gasteiger partial charge >= 0.3 is 12.1 Å². The van der Waals surface area contributed by atoms with Crippen LogP contribution in [-0.2, 0) is 11.0 Å². The molecule has 1 aromatic heterocycles. The molecule has 0 spiro atoms. The predicted molar refractivity (Wildman–Crippen MR) is 78.4 cm³/mol. The summed E-state index contributed by atoms with van der Waals surface area (Å²) in [5, 5.41) is 17.7. The van der Waals surface area contributed by atoms with Gasteiger partial charge in [-0.1, -0.05) is 23.9 Å². The molecular weight excluding hydrogens is 347 g/mol. The number of thioether (sulfide) groups is 1. The monoisotopic (exact) mass is 355 g/mol. The van der Waals surface area contributed by atoms with E-state index in [1.807, 2.05) is 0 Å². The van der Waals surface area contributed by atoms with Crippen LogP contribution >= 0.6 is 11.8 Å². The highest BCUT2D eigenvalue weighted by Gasteiger charge is 2.30. The number of aromatic nitrogens is 2. The minimum absolute atomic E-state index is 0.0451. The summed E-state index contributed by atoms with van der Waals surface area (Å²) >= 11 is 0.723. The normalized spacial score (nSPS) is 11.1. The Morgan fingerprint density at radius 3 is 2.46 bits per heavy atom. The third kappa shape index (κ3) is 3.94. The number of aliphatic carboxylic acids is 1. The van der Waals surface area contributed by atoms with Crippen molar-refractivity contribution in [2.75, 3.05) is 5.75 Å². The minimum Gasteiger partial charge on any atom is -0.481 e. The molecule has 1 aromatic carbocycles. The van der Waals surface area contributed by atoms with Crippen molar-refractivity contribution in [3.8, 4) is 17.3 Å². The van der Waals surface area contributed by atoms with Crippen molar-refractivity contribution in [2.24, 2.45) is 0 Å². The van der Waals surface area contributed by atoms with Crippen molar-refractivity contribution in [2.45, 2.75) is 11.3 Å². The molecule has 1 heterocycles. The quantitative estimate of drug-likeness (QED) is 0.645. The molecule has 0 aliphatic rings. The number of benzene rings is 1. The molecule has 0 amide bonds. The van der Waals surface area contributed by atoms with E-state index in [0.717, 1.165) is 36.0 Å². The largest absolute Gasteiger partial charge is 0.481 e. The maximum absolute atomic E-state index is 12.6. The Labute approximate surface area is 137 Å². The molecule has 24 heavy (non-hydrogen) atoms. The van der Waals surface area contributed by atoms with E-state index in [1.54, 1.807) is 6.07 Å². The summed E-state index contributed by atoms with van der Waals surface area (Å²) in [6.45, 7) is 0. The average molecular weight is 355 g/mol. The summed E-state index contributed by atoms with van der Waals surface area (Å²) in [6.07, 6.45) is -4.51. The van der Waals surface area contributed by atoms with Gasteiger partial charge in [0, 0.05) is 5.56 Å². The van der Waals surface area contributed by atoms with Crippen molar-refractivity contribution in [3.05, 3.63) is 45.7 Å². The van der Waals surface area contributed by atoms with Crippen molar-refractivity contribution in [1.82, 2.24) is 9.97 Å². The van der Waals surface area contributed by atoms with Crippen LogP contribution in [0.2, 0.25) is 0 Å². The van der Waals surface area contributed by atoms with Gasteiger partial charge in [-0.3, -0.25) is 9.59 Å². The number of carboxylic acids is 1. The van der Waals surface area contributed by atoms with Crippen LogP contribution in [0.5, 0.6) is 0 Å². The topological polar surface area (TPSA) is 107 Å². The lowest BCUT2D eigenvalue weighted by molar-refractivity contribution is -0.137. The average Bonchev–Trinajstić information content (AvgIpc) is 2.51. The number of nitrogens with zero attached hydrogens (tertiary/aromatic N) is 2. The number of alkyl halides is 3. The first-order valence-corrected chi connectivity index (χ1v) is 7.27. The first-order valence-electron chi connectivity index (χ1n) is 6.29. The van der Waals surface area contributed by atoms with Gasteiger partial charge in [-0.05, 0) is 12.1 Å². The Kier molecular flexibility index (Phi) is 4.94. The van der Waals surface area contributed by atoms with Gasteiger partial charge in [0.05, 0.1) is 17.0 Å². The third-order valence-electron chi connectivity index (χ3n) is 2.83. The Balaban J connectivity index is 2.50.